The van der Waals surface area contributed by atoms with E-state index in [1.165, 1.54) is 50.5 Å². The van der Waals surface area contributed by atoms with Crippen LogP contribution in [-0.4, -0.2) is 0 Å². The minimum atomic E-state index is 0.663. The van der Waals surface area contributed by atoms with Gasteiger partial charge in [-0.2, -0.15) is 0 Å². The summed E-state index contributed by atoms with van der Waals surface area (Å²) in [5.74, 6) is 0.970. The molecule has 0 aliphatic heterocycles. The molecule has 2 atom stereocenters. The molecule has 0 nitrogen and oxygen atoms in total. The summed E-state index contributed by atoms with van der Waals surface area (Å²) in [5, 5.41) is 0. The van der Waals surface area contributed by atoms with Gasteiger partial charge in [-0.1, -0.05) is 43.6 Å². The zero-order chi connectivity index (χ0) is 13.6. The third-order valence-electron chi connectivity index (χ3n) is 4.39. The minimum Gasteiger partial charge on any atom is -0.0859 e. The van der Waals surface area contributed by atoms with E-state index >= 15 is 0 Å². The lowest BCUT2D eigenvalue weighted by atomic mass is 9.95. The average molecular weight is 248 g/mol. The van der Waals surface area contributed by atoms with Gasteiger partial charge in [0, 0.05) is 0 Å². The van der Waals surface area contributed by atoms with Gasteiger partial charge in [0.2, 0.25) is 0 Å². The molecule has 1 aliphatic carbocycles. The van der Waals surface area contributed by atoms with Gasteiger partial charge >= 0.3 is 0 Å². The Morgan fingerprint density at radius 3 is 2.50 bits per heavy atom. The highest BCUT2D eigenvalue weighted by Crippen LogP contribution is 2.58. The van der Waals surface area contributed by atoms with Crippen molar-refractivity contribution in [1.29, 1.82) is 0 Å². The molecular weight excluding hydrogens is 216 g/mol. The van der Waals surface area contributed by atoms with E-state index in [4.69, 9.17) is 0 Å². The van der Waals surface area contributed by atoms with Gasteiger partial charge in [-0.05, 0) is 70.6 Å². The molecule has 0 N–H and O–H groups in total. The molecule has 1 rings (SSSR count). The molecule has 1 aliphatic rings. The van der Waals surface area contributed by atoms with Crippen molar-refractivity contribution < 1.29 is 0 Å². The van der Waals surface area contributed by atoms with Gasteiger partial charge in [0.15, 0.2) is 0 Å². The van der Waals surface area contributed by atoms with Crippen LogP contribution in [0.25, 0.3) is 0 Å². The molecule has 1 fully saturated rings. The lowest BCUT2D eigenvalue weighted by Crippen LogP contribution is -1.98. The molecule has 0 heteroatoms. The molecule has 2 unspecified atom stereocenters. The van der Waals surface area contributed by atoms with Crippen LogP contribution >= 0.6 is 0 Å². The molecule has 0 heterocycles. The first kappa shape index (κ1) is 15.5. The van der Waals surface area contributed by atoms with Gasteiger partial charge in [0.25, 0.3) is 0 Å². The van der Waals surface area contributed by atoms with E-state index in [0.29, 0.717) is 5.41 Å². The van der Waals surface area contributed by atoms with Gasteiger partial charge in [0.1, 0.15) is 0 Å². The Kier molecular flexibility index (Phi) is 6.18. The summed E-state index contributed by atoms with van der Waals surface area (Å²) in [6.45, 7) is 11.5. The maximum atomic E-state index is 2.49. The standard InChI is InChI=1S/C18H32/c1-6-7-11-16(4)13-17-14-18(17,5)12-9-8-10-15(2)3/h10-11,17H,6-9,12-14H2,1-5H3/b16-11+. The summed E-state index contributed by atoms with van der Waals surface area (Å²) in [7, 11) is 0. The van der Waals surface area contributed by atoms with Crippen molar-refractivity contribution in [3.63, 3.8) is 0 Å². The van der Waals surface area contributed by atoms with Gasteiger partial charge in [0.05, 0.1) is 0 Å². The Morgan fingerprint density at radius 1 is 1.17 bits per heavy atom. The second-order valence-corrected chi connectivity index (χ2v) is 6.77. The Hall–Kier alpha value is -0.520. The molecule has 1 saturated carbocycles. The van der Waals surface area contributed by atoms with Gasteiger partial charge in [-0.25, -0.2) is 0 Å². The zero-order valence-corrected chi connectivity index (χ0v) is 13.2. The first-order valence-electron chi connectivity index (χ1n) is 7.77. The van der Waals surface area contributed by atoms with Crippen molar-refractivity contribution in [2.75, 3.05) is 0 Å². The number of hydrogen-bond donors (Lipinski definition) is 0. The fourth-order valence-electron chi connectivity index (χ4n) is 2.89. The lowest BCUT2D eigenvalue weighted by Gasteiger charge is -2.10. The SMILES string of the molecule is CCC/C=C(\C)CC1CC1(C)CCCC=C(C)C. The highest BCUT2D eigenvalue weighted by atomic mass is 14.5. The quantitative estimate of drug-likeness (QED) is 0.350. The summed E-state index contributed by atoms with van der Waals surface area (Å²) in [4.78, 5) is 0. The Balaban J connectivity index is 2.22. The van der Waals surface area contributed by atoms with Crippen molar-refractivity contribution in [2.24, 2.45) is 11.3 Å². The van der Waals surface area contributed by atoms with Crippen LogP contribution in [0.15, 0.2) is 23.3 Å². The molecule has 104 valence electrons. The topological polar surface area (TPSA) is 0 Å². The summed E-state index contributed by atoms with van der Waals surface area (Å²) in [6, 6.07) is 0. The van der Waals surface area contributed by atoms with E-state index in [-0.39, 0.29) is 0 Å². The monoisotopic (exact) mass is 248 g/mol. The van der Waals surface area contributed by atoms with Gasteiger partial charge in [-0.15, -0.1) is 0 Å². The fourth-order valence-corrected chi connectivity index (χ4v) is 2.89. The first-order chi connectivity index (χ1) is 8.48. The number of allylic oxidation sites excluding steroid dienone is 4. The lowest BCUT2D eigenvalue weighted by molar-refractivity contribution is 0.444. The second kappa shape index (κ2) is 7.16. The second-order valence-electron chi connectivity index (χ2n) is 6.77. The molecule has 0 amide bonds. The number of unbranched alkanes of at least 4 members (excludes halogenated alkanes) is 2. The fraction of sp³-hybridized carbons (Fsp3) is 0.778. The summed E-state index contributed by atoms with van der Waals surface area (Å²) in [5.41, 5.74) is 3.75. The normalized spacial score (nSPS) is 27.2. The van der Waals surface area contributed by atoms with E-state index in [1.54, 1.807) is 5.57 Å². The Morgan fingerprint density at radius 2 is 1.89 bits per heavy atom. The van der Waals surface area contributed by atoms with Crippen molar-refractivity contribution in [2.45, 2.75) is 79.6 Å². The third-order valence-corrected chi connectivity index (χ3v) is 4.39. The van der Waals surface area contributed by atoms with E-state index in [0.717, 1.165) is 5.92 Å². The van der Waals surface area contributed by atoms with Crippen molar-refractivity contribution in [3.8, 4) is 0 Å². The van der Waals surface area contributed by atoms with E-state index in [9.17, 15) is 0 Å². The predicted molar refractivity (Wildman–Crippen MR) is 82.8 cm³/mol. The molecule has 0 bridgehead atoms. The Bertz CT molecular complexity index is 304. The van der Waals surface area contributed by atoms with Crippen LogP contribution in [0.2, 0.25) is 0 Å². The first-order valence-corrected chi connectivity index (χ1v) is 7.77. The van der Waals surface area contributed by atoms with Crippen LogP contribution in [0.4, 0.5) is 0 Å². The van der Waals surface area contributed by atoms with E-state index < -0.39 is 0 Å². The van der Waals surface area contributed by atoms with Crippen LogP contribution in [0.3, 0.4) is 0 Å². The molecule has 18 heavy (non-hydrogen) atoms. The predicted octanol–water partition coefficient (Wildman–Crippen LogP) is 6.29. The van der Waals surface area contributed by atoms with Crippen molar-refractivity contribution in [3.05, 3.63) is 23.3 Å². The molecule has 0 saturated heterocycles. The molecule has 0 aromatic carbocycles. The van der Waals surface area contributed by atoms with Crippen LogP contribution in [-0.2, 0) is 0 Å². The maximum Gasteiger partial charge on any atom is -0.0289 e. The maximum absolute atomic E-state index is 2.49. The highest BCUT2D eigenvalue weighted by Gasteiger charge is 2.48. The Labute approximate surface area is 115 Å². The van der Waals surface area contributed by atoms with E-state index in [2.05, 4.69) is 46.8 Å². The molecule has 0 aromatic rings. The number of hydrogen-bond acceptors (Lipinski definition) is 0. The third kappa shape index (κ3) is 5.42. The largest absolute Gasteiger partial charge is 0.0859 e. The molecule has 0 aromatic heterocycles. The molecule has 0 radical (unpaired) electrons. The van der Waals surface area contributed by atoms with Gasteiger partial charge < -0.3 is 0 Å². The minimum absolute atomic E-state index is 0.663. The smallest absolute Gasteiger partial charge is 0.0289 e. The zero-order valence-electron chi connectivity index (χ0n) is 13.2. The average Bonchev–Trinajstić information content (AvgIpc) is 2.93. The summed E-state index contributed by atoms with van der Waals surface area (Å²) >= 11 is 0. The van der Waals surface area contributed by atoms with Gasteiger partial charge in [-0.3, -0.25) is 0 Å². The molecule has 0 spiro atoms. The van der Waals surface area contributed by atoms with Crippen molar-refractivity contribution in [1.82, 2.24) is 0 Å². The van der Waals surface area contributed by atoms with E-state index in [1.807, 2.05) is 0 Å². The van der Waals surface area contributed by atoms with Crippen LogP contribution in [0.5, 0.6) is 0 Å². The summed E-state index contributed by atoms with van der Waals surface area (Å²) in [6.07, 6.45) is 14.2. The van der Waals surface area contributed by atoms with Crippen LogP contribution < -0.4 is 0 Å². The highest BCUT2D eigenvalue weighted by molar-refractivity contribution is 5.08. The summed E-state index contributed by atoms with van der Waals surface area (Å²) < 4.78 is 0. The van der Waals surface area contributed by atoms with Crippen LogP contribution in [0.1, 0.15) is 79.6 Å². The van der Waals surface area contributed by atoms with Crippen LogP contribution in [0, 0.1) is 11.3 Å². The van der Waals surface area contributed by atoms with Crippen molar-refractivity contribution >= 4 is 0 Å². The molecular formula is C18H32. The number of rotatable bonds is 8.